The van der Waals surface area contributed by atoms with Gasteiger partial charge in [0.25, 0.3) is 0 Å². The van der Waals surface area contributed by atoms with Gasteiger partial charge in [0.2, 0.25) is 0 Å². The zero-order valence-electron chi connectivity index (χ0n) is 12.2. The molecule has 0 unspecified atom stereocenters. The minimum Gasteiger partial charge on any atom is -0.508 e. The van der Waals surface area contributed by atoms with Crippen LogP contribution in [0.5, 0.6) is 11.5 Å². The molecular formula is C16H18F4O2. The molecule has 0 heterocycles. The molecule has 3 aliphatic carbocycles. The third-order valence-electron chi connectivity index (χ3n) is 5.48. The maximum Gasteiger partial charge on any atom is 0.319 e. The highest BCUT2D eigenvalue weighted by atomic mass is 19.3. The van der Waals surface area contributed by atoms with Crippen molar-refractivity contribution in [1.29, 1.82) is 0 Å². The second-order valence-electron chi connectivity index (χ2n) is 6.77. The highest BCUT2D eigenvalue weighted by Gasteiger charge is 2.80. The molecule has 6 heteroatoms. The van der Waals surface area contributed by atoms with E-state index in [0.29, 0.717) is 0 Å². The van der Waals surface area contributed by atoms with Crippen LogP contribution in [0, 0.1) is 10.8 Å². The van der Waals surface area contributed by atoms with Crippen LogP contribution in [0.2, 0.25) is 0 Å². The van der Waals surface area contributed by atoms with E-state index in [1.165, 1.54) is 31.2 Å². The molecule has 2 bridgehead atoms. The number of aromatic hydroxyl groups is 1. The summed E-state index contributed by atoms with van der Waals surface area (Å²) in [4.78, 5) is 0. The summed E-state index contributed by atoms with van der Waals surface area (Å²) in [7, 11) is 0. The molecule has 0 spiro atoms. The van der Waals surface area contributed by atoms with Crippen molar-refractivity contribution < 1.29 is 27.4 Å². The van der Waals surface area contributed by atoms with E-state index in [9.17, 15) is 22.7 Å². The fraction of sp³-hybridized carbons (Fsp3) is 0.625. The van der Waals surface area contributed by atoms with E-state index >= 15 is 0 Å². The number of phenolic OH excluding ortho intramolecular Hbond substituents is 1. The average Bonchev–Trinajstić information content (AvgIpc) is 2.47. The lowest BCUT2D eigenvalue weighted by Gasteiger charge is -2.59. The van der Waals surface area contributed by atoms with Crippen molar-refractivity contribution in [2.24, 2.45) is 10.8 Å². The Morgan fingerprint density at radius 3 is 2.05 bits per heavy atom. The molecule has 0 atom stereocenters. The lowest BCUT2D eigenvalue weighted by molar-refractivity contribution is -0.367. The second kappa shape index (κ2) is 4.52. The molecule has 0 aliphatic heterocycles. The van der Waals surface area contributed by atoms with Crippen LogP contribution < -0.4 is 4.74 Å². The van der Waals surface area contributed by atoms with E-state index in [0.717, 1.165) is 0 Å². The summed E-state index contributed by atoms with van der Waals surface area (Å²) in [5.41, 5.74) is -3.46. The molecule has 1 N–H and O–H groups in total. The summed E-state index contributed by atoms with van der Waals surface area (Å²) < 4.78 is 62.8. The highest BCUT2D eigenvalue weighted by Crippen LogP contribution is 2.70. The average molecular weight is 318 g/mol. The van der Waals surface area contributed by atoms with Gasteiger partial charge in [-0.1, -0.05) is 6.92 Å². The van der Waals surface area contributed by atoms with Crippen LogP contribution in [0.25, 0.3) is 0 Å². The summed E-state index contributed by atoms with van der Waals surface area (Å²) in [6.07, 6.45) is 0.220. The first-order chi connectivity index (χ1) is 10.1. The second-order valence-corrected chi connectivity index (χ2v) is 6.77. The first-order valence-corrected chi connectivity index (χ1v) is 7.31. The van der Waals surface area contributed by atoms with Crippen LogP contribution in [-0.4, -0.2) is 23.6 Å². The minimum absolute atomic E-state index is 0.0217. The Balaban J connectivity index is 1.84. The van der Waals surface area contributed by atoms with E-state index in [4.69, 9.17) is 4.74 Å². The number of hydrogen-bond acceptors (Lipinski definition) is 2. The van der Waals surface area contributed by atoms with Crippen molar-refractivity contribution in [3.05, 3.63) is 24.3 Å². The molecule has 3 aliphatic rings. The van der Waals surface area contributed by atoms with Gasteiger partial charge in [0.15, 0.2) is 0 Å². The monoisotopic (exact) mass is 318 g/mol. The predicted octanol–water partition coefficient (Wildman–Crippen LogP) is 4.62. The predicted molar refractivity (Wildman–Crippen MR) is 72.5 cm³/mol. The number of hydrogen-bond donors (Lipinski definition) is 1. The number of ether oxygens (including phenoxy) is 1. The molecule has 122 valence electrons. The standard InChI is InChI=1S/C16H18F4O2/c1-13-6-8-14(9-7-13,16(19,20)15(13,17)18)10-22-12-4-2-11(21)3-5-12/h2-5,21H,6-10H2,1H3. The van der Waals surface area contributed by atoms with E-state index in [1.807, 2.05) is 0 Å². The van der Waals surface area contributed by atoms with Gasteiger partial charge in [0.1, 0.15) is 11.5 Å². The van der Waals surface area contributed by atoms with Crippen LogP contribution in [-0.2, 0) is 0 Å². The van der Waals surface area contributed by atoms with Gasteiger partial charge in [-0.05, 0) is 49.9 Å². The van der Waals surface area contributed by atoms with Crippen LogP contribution >= 0.6 is 0 Å². The van der Waals surface area contributed by atoms with Crippen LogP contribution in [0.3, 0.4) is 0 Å². The van der Waals surface area contributed by atoms with E-state index in [2.05, 4.69) is 0 Å². The van der Waals surface area contributed by atoms with Crippen molar-refractivity contribution in [3.8, 4) is 11.5 Å². The maximum absolute atomic E-state index is 14.5. The fourth-order valence-corrected chi connectivity index (χ4v) is 3.62. The van der Waals surface area contributed by atoms with Gasteiger partial charge in [-0.15, -0.1) is 0 Å². The fourth-order valence-electron chi connectivity index (χ4n) is 3.62. The molecule has 3 fully saturated rings. The molecule has 2 nitrogen and oxygen atoms in total. The molecule has 0 radical (unpaired) electrons. The molecule has 1 aromatic rings. The zero-order valence-corrected chi connectivity index (χ0v) is 12.2. The first-order valence-electron chi connectivity index (χ1n) is 7.31. The van der Waals surface area contributed by atoms with E-state index in [1.54, 1.807) is 0 Å². The minimum atomic E-state index is -4.08. The Morgan fingerprint density at radius 1 is 0.955 bits per heavy atom. The van der Waals surface area contributed by atoms with Crippen LogP contribution in [0.1, 0.15) is 32.6 Å². The number of alkyl halides is 4. The summed E-state index contributed by atoms with van der Waals surface area (Å²) in [6, 6.07) is 5.58. The molecule has 0 amide bonds. The topological polar surface area (TPSA) is 29.5 Å². The van der Waals surface area contributed by atoms with Crippen LogP contribution in [0.15, 0.2) is 24.3 Å². The van der Waals surface area contributed by atoms with Crippen molar-refractivity contribution in [2.75, 3.05) is 6.61 Å². The maximum atomic E-state index is 14.5. The van der Waals surface area contributed by atoms with Gasteiger partial charge < -0.3 is 9.84 Å². The molecule has 1 aromatic carbocycles. The van der Waals surface area contributed by atoms with Crippen molar-refractivity contribution >= 4 is 0 Å². The number of halogens is 4. The lowest BCUT2D eigenvalue weighted by atomic mass is 9.50. The molecule has 4 rings (SSSR count). The SMILES string of the molecule is CC12CCC(COc3ccc(O)cc3)(CC1)C(F)(F)C2(F)F. The number of benzene rings is 1. The number of phenols is 1. The Kier molecular flexibility index (Phi) is 3.17. The smallest absolute Gasteiger partial charge is 0.319 e. The highest BCUT2D eigenvalue weighted by molar-refractivity contribution is 5.30. The van der Waals surface area contributed by atoms with Gasteiger partial charge in [0.05, 0.1) is 12.0 Å². The molecule has 0 aromatic heterocycles. The Bertz CT molecular complexity index is 560. The number of fused-ring (bicyclic) bond motifs is 3. The van der Waals surface area contributed by atoms with Gasteiger partial charge in [-0.3, -0.25) is 0 Å². The molecule has 0 saturated heterocycles. The summed E-state index contributed by atoms with van der Waals surface area (Å²) >= 11 is 0. The summed E-state index contributed by atoms with van der Waals surface area (Å²) in [6.45, 7) is 0.807. The summed E-state index contributed by atoms with van der Waals surface area (Å²) in [5, 5.41) is 9.18. The third-order valence-corrected chi connectivity index (χ3v) is 5.48. The Labute approximate surface area is 126 Å². The summed E-state index contributed by atoms with van der Waals surface area (Å²) in [5.74, 6) is -7.80. The normalized spacial score (nSPS) is 35.3. The number of rotatable bonds is 3. The van der Waals surface area contributed by atoms with Gasteiger partial charge in [-0.2, -0.15) is 17.6 Å². The molecular weight excluding hydrogens is 300 g/mol. The Hall–Kier alpha value is -1.46. The molecule has 3 saturated carbocycles. The molecule has 22 heavy (non-hydrogen) atoms. The van der Waals surface area contributed by atoms with Crippen molar-refractivity contribution in [3.63, 3.8) is 0 Å². The van der Waals surface area contributed by atoms with Gasteiger partial charge >= 0.3 is 11.8 Å². The van der Waals surface area contributed by atoms with E-state index < -0.39 is 29.3 Å². The van der Waals surface area contributed by atoms with Crippen LogP contribution in [0.4, 0.5) is 17.6 Å². The third kappa shape index (κ3) is 1.85. The first kappa shape index (κ1) is 15.4. The lowest BCUT2D eigenvalue weighted by Crippen LogP contribution is -2.70. The van der Waals surface area contributed by atoms with E-state index in [-0.39, 0.29) is 37.2 Å². The largest absolute Gasteiger partial charge is 0.508 e. The van der Waals surface area contributed by atoms with Crippen molar-refractivity contribution in [1.82, 2.24) is 0 Å². The zero-order chi connectivity index (χ0) is 16.2. The van der Waals surface area contributed by atoms with Gasteiger partial charge in [0, 0.05) is 5.41 Å². The van der Waals surface area contributed by atoms with Crippen molar-refractivity contribution in [2.45, 2.75) is 44.5 Å². The quantitative estimate of drug-likeness (QED) is 0.824. The Morgan fingerprint density at radius 2 is 1.50 bits per heavy atom. The van der Waals surface area contributed by atoms with Gasteiger partial charge in [-0.25, -0.2) is 0 Å².